The molecule has 0 aliphatic rings. The molecule has 100 valence electrons. The molecule has 18 heavy (non-hydrogen) atoms. The van der Waals surface area contributed by atoms with Crippen molar-refractivity contribution in [1.82, 2.24) is 5.32 Å². The molecule has 1 rings (SSSR count). The van der Waals surface area contributed by atoms with Crippen molar-refractivity contribution in [2.24, 2.45) is 0 Å². The summed E-state index contributed by atoms with van der Waals surface area (Å²) in [5.41, 5.74) is -0.112. The molecule has 0 aliphatic carbocycles. The summed E-state index contributed by atoms with van der Waals surface area (Å²) in [5, 5.41) is 12.9. The Morgan fingerprint density at radius 2 is 1.78 bits per heavy atom. The second-order valence-electron chi connectivity index (χ2n) is 5.66. The first-order chi connectivity index (χ1) is 8.03. The number of amides is 1. The number of carbonyl (C=O) groups excluding carboxylic acids is 1. The third-order valence-electron chi connectivity index (χ3n) is 3.26. The molecule has 0 radical (unpaired) electrons. The first-order valence-electron chi connectivity index (χ1n) is 5.85. The smallest absolute Gasteiger partial charge is 0.251 e. The standard InChI is InChI=1S/C14H20BrNO2/c1-9-6-10(8-11(15)7-9)12(17)16-13(2,3)14(4,5)18/h6-8,18H,1-5H3,(H,16,17). The molecular weight excluding hydrogens is 294 g/mol. The van der Waals surface area contributed by atoms with E-state index in [2.05, 4.69) is 21.2 Å². The fourth-order valence-corrected chi connectivity index (χ4v) is 1.98. The van der Waals surface area contributed by atoms with Crippen molar-refractivity contribution in [3.05, 3.63) is 33.8 Å². The lowest BCUT2D eigenvalue weighted by atomic mass is 9.85. The van der Waals surface area contributed by atoms with E-state index < -0.39 is 11.1 Å². The molecule has 0 aliphatic heterocycles. The number of aliphatic hydroxyl groups is 1. The van der Waals surface area contributed by atoms with E-state index in [4.69, 9.17) is 0 Å². The van der Waals surface area contributed by atoms with Gasteiger partial charge in [-0.25, -0.2) is 0 Å². The topological polar surface area (TPSA) is 49.3 Å². The lowest BCUT2D eigenvalue weighted by Crippen LogP contribution is -2.57. The SMILES string of the molecule is Cc1cc(Br)cc(C(=O)NC(C)(C)C(C)(C)O)c1. The van der Waals surface area contributed by atoms with Crippen LogP contribution in [0.4, 0.5) is 0 Å². The largest absolute Gasteiger partial charge is 0.388 e. The van der Waals surface area contributed by atoms with Crippen LogP contribution in [0.2, 0.25) is 0 Å². The van der Waals surface area contributed by atoms with Crippen molar-refractivity contribution in [2.75, 3.05) is 0 Å². The zero-order chi connectivity index (χ0) is 14.1. The second-order valence-corrected chi connectivity index (χ2v) is 6.57. The number of halogens is 1. The van der Waals surface area contributed by atoms with Gasteiger partial charge in [0.05, 0.1) is 11.1 Å². The first kappa shape index (κ1) is 15.2. The number of aryl methyl sites for hydroxylation is 1. The third-order valence-corrected chi connectivity index (χ3v) is 3.72. The van der Waals surface area contributed by atoms with Gasteiger partial charge >= 0.3 is 0 Å². The lowest BCUT2D eigenvalue weighted by Gasteiger charge is -2.38. The Hall–Kier alpha value is -0.870. The third kappa shape index (κ3) is 3.56. The fraction of sp³-hybridized carbons (Fsp3) is 0.500. The van der Waals surface area contributed by atoms with Crippen molar-refractivity contribution >= 4 is 21.8 Å². The number of hydrogen-bond donors (Lipinski definition) is 2. The molecule has 0 spiro atoms. The van der Waals surface area contributed by atoms with E-state index in [1.54, 1.807) is 33.8 Å². The van der Waals surface area contributed by atoms with Crippen LogP contribution < -0.4 is 5.32 Å². The number of hydrogen-bond acceptors (Lipinski definition) is 2. The summed E-state index contributed by atoms with van der Waals surface area (Å²) < 4.78 is 0.869. The van der Waals surface area contributed by atoms with Gasteiger partial charge in [-0.1, -0.05) is 15.9 Å². The minimum atomic E-state index is -0.996. The van der Waals surface area contributed by atoms with E-state index >= 15 is 0 Å². The average molecular weight is 314 g/mol. The Balaban J connectivity index is 2.96. The molecule has 0 fully saturated rings. The minimum Gasteiger partial charge on any atom is -0.388 e. The molecule has 0 saturated carbocycles. The number of nitrogens with one attached hydrogen (secondary N) is 1. The van der Waals surface area contributed by atoms with Crippen molar-refractivity contribution in [2.45, 2.75) is 45.8 Å². The maximum Gasteiger partial charge on any atom is 0.251 e. The second kappa shape index (κ2) is 5.02. The van der Waals surface area contributed by atoms with E-state index in [0.29, 0.717) is 5.56 Å². The number of rotatable bonds is 3. The molecule has 1 aromatic rings. The summed E-state index contributed by atoms with van der Waals surface area (Å²) in [6.45, 7) is 8.90. The summed E-state index contributed by atoms with van der Waals surface area (Å²) in [7, 11) is 0. The molecular formula is C14H20BrNO2. The van der Waals surface area contributed by atoms with Crippen molar-refractivity contribution in [3.63, 3.8) is 0 Å². The molecule has 0 saturated heterocycles. The van der Waals surface area contributed by atoms with Gasteiger partial charge in [0, 0.05) is 10.0 Å². The normalized spacial score (nSPS) is 12.4. The Morgan fingerprint density at radius 3 is 2.22 bits per heavy atom. The summed E-state index contributed by atoms with van der Waals surface area (Å²) in [6.07, 6.45) is 0. The summed E-state index contributed by atoms with van der Waals surface area (Å²) in [6, 6.07) is 5.53. The fourth-order valence-electron chi connectivity index (χ4n) is 1.38. The van der Waals surface area contributed by atoms with Crippen LogP contribution in [0.5, 0.6) is 0 Å². The highest BCUT2D eigenvalue weighted by Crippen LogP contribution is 2.22. The van der Waals surface area contributed by atoms with Crippen molar-refractivity contribution in [3.8, 4) is 0 Å². The van der Waals surface area contributed by atoms with Crippen LogP contribution in [-0.2, 0) is 0 Å². The molecule has 0 atom stereocenters. The molecule has 3 nitrogen and oxygen atoms in total. The predicted octanol–water partition coefficient (Wildman–Crippen LogP) is 3.04. The van der Waals surface area contributed by atoms with E-state index in [-0.39, 0.29) is 5.91 Å². The van der Waals surface area contributed by atoms with E-state index in [9.17, 15) is 9.90 Å². The maximum absolute atomic E-state index is 12.2. The van der Waals surface area contributed by atoms with Crippen LogP contribution in [0.1, 0.15) is 43.6 Å². The van der Waals surface area contributed by atoms with Gasteiger partial charge in [-0.05, 0) is 58.4 Å². The van der Waals surface area contributed by atoms with Crippen LogP contribution >= 0.6 is 15.9 Å². The Kier molecular flexibility index (Phi) is 4.23. The molecule has 4 heteroatoms. The average Bonchev–Trinajstić information content (AvgIpc) is 2.13. The quantitative estimate of drug-likeness (QED) is 0.901. The van der Waals surface area contributed by atoms with Gasteiger partial charge in [0.15, 0.2) is 0 Å². The summed E-state index contributed by atoms with van der Waals surface area (Å²) in [4.78, 5) is 12.2. The van der Waals surface area contributed by atoms with Crippen LogP contribution in [0.25, 0.3) is 0 Å². The predicted molar refractivity (Wildman–Crippen MR) is 76.7 cm³/mol. The van der Waals surface area contributed by atoms with Gasteiger partial charge in [0.2, 0.25) is 0 Å². The van der Waals surface area contributed by atoms with Gasteiger partial charge in [0.1, 0.15) is 0 Å². The van der Waals surface area contributed by atoms with Crippen LogP contribution in [0.15, 0.2) is 22.7 Å². The van der Waals surface area contributed by atoms with E-state index in [1.807, 2.05) is 19.1 Å². The summed E-state index contributed by atoms with van der Waals surface area (Å²) >= 11 is 3.37. The highest BCUT2D eigenvalue weighted by atomic mass is 79.9. The number of benzene rings is 1. The monoisotopic (exact) mass is 313 g/mol. The maximum atomic E-state index is 12.2. The highest BCUT2D eigenvalue weighted by Gasteiger charge is 2.36. The molecule has 0 aromatic heterocycles. The minimum absolute atomic E-state index is 0.188. The molecule has 0 bridgehead atoms. The van der Waals surface area contributed by atoms with E-state index in [1.165, 1.54) is 0 Å². The zero-order valence-corrected chi connectivity index (χ0v) is 13.1. The van der Waals surface area contributed by atoms with Gasteiger partial charge < -0.3 is 10.4 Å². The van der Waals surface area contributed by atoms with Gasteiger partial charge in [-0.15, -0.1) is 0 Å². The van der Waals surface area contributed by atoms with Crippen LogP contribution in [-0.4, -0.2) is 22.2 Å². The lowest BCUT2D eigenvalue weighted by molar-refractivity contribution is -0.00293. The van der Waals surface area contributed by atoms with Gasteiger partial charge in [-0.2, -0.15) is 0 Å². The first-order valence-corrected chi connectivity index (χ1v) is 6.64. The van der Waals surface area contributed by atoms with Gasteiger partial charge in [0.25, 0.3) is 5.91 Å². The molecule has 1 amide bonds. The molecule has 0 unspecified atom stereocenters. The van der Waals surface area contributed by atoms with Crippen LogP contribution in [0.3, 0.4) is 0 Å². The molecule has 1 aromatic carbocycles. The zero-order valence-electron chi connectivity index (χ0n) is 11.5. The Labute approximate surface area is 117 Å². The van der Waals surface area contributed by atoms with Crippen LogP contribution in [0, 0.1) is 6.92 Å². The van der Waals surface area contributed by atoms with E-state index in [0.717, 1.165) is 10.0 Å². The molecule has 0 heterocycles. The summed E-state index contributed by atoms with van der Waals surface area (Å²) in [5.74, 6) is -0.188. The Bertz CT molecular complexity index is 441. The highest BCUT2D eigenvalue weighted by molar-refractivity contribution is 9.10. The van der Waals surface area contributed by atoms with Crippen molar-refractivity contribution in [1.29, 1.82) is 0 Å². The van der Waals surface area contributed by atoms with Crippen molar-refractivity contribution < 1.29 is 9.90 Å². The Morgan fingerprint density at radius 1 is 1.22 bits per heavy atom. The molecule has 2 N–H and O–H groups in total. The van der Waals surface area contributed by atoms with Gasteiger partial charge in [-0.3, -0.25) is 4.79 Å². The number of carbonyl (C=O) groups is 1.